The van der Waals surface area contributed by atoms with Crippen LogP contribution >= 0.6 is 0 Å². The van der Waals surface area contributed by atoms with Crippen molar-refractivity contribution in [1.82, 2.24) is 4.98 Å². The van der Waals surface area contributed by atoms with E-state index in [1.165, 1.54) is 0 Å². The molecule has 1 aliphatic rings. The van der Waals surface area contributed by atoms with Crippen molar-refractivity contribution >= 4 is 12.6 Å². The van der Waals surface area contributed by atoms with Gasteiger partial charge in [0.15, 0.2) is 0 Å². The lowest BCUT2D eigenvalue weighted by atomic mass is 9.79. The van der Waals surface area contributed by atoms with Gasteiger partial charge in [0.05, 0.1) is 23.7 Å². The molecular formula is C13H17BN2O2. The molecule has 2 rings (SSSR count). The molecule has 18 heavy (non-hydrogen) atoms. The van der Waals surface area contributed by atoms with E-state index >= 15 is 0 Å². The fraction of sp³-hybridized carbons (Fsp3) is 0.538. The van der Waals surface area contributed by atoms with Crippen molar-refractivity contribution in [1.29, 1.82) is 5.26 Å². The second-order valence-electron chi connectivity index (χ2n) is 5.55. The summed E-state index contributed by atoms with van der Waals surface area (Å²) in [7, 11) is -0.416. The van der Waals surface area contributed by atoms with Gasteiger partial charge in [-0.05, 0) is 33.3 Å². The van der Waals surface area contributed by atoms with Crippen molar-refractivity contribution in [2.75, 3.05) is 0 Å². The lowest BCUT2D eigenvalue weighted by molar-refractivity contribution is 0.00578. The highest BCUT2D eigenvalue weighted by Crippen LogP contribution is 2.36. The van der Waals surface area contributed by atoms with E-state index in [1.54, 1.807) is 12.4 Å². The molecule has 0 unspecified atom stereocenters. The molecule has 1 aliphatic heterocycles. The number of hydrogen-bond donors (Lipinski definition) is 0. The minimum Gasteiger partial charge on any atom is -0.399 e. The summed E-state index contributed by atoms with van der Waals surface area (Å²) in [6, 6.07) is 4.03. The van der Waals surface area contributed by atoms with Crippen molar-refractivity contribution in [2.45, 2.75) is 45.3 Å². The average molecular weight is 244 g/mol. The van der Waals surface area contributed by atoms with E-state index in [4.69, 9.17) is 14.6 Å². The zero-order valence-electron chi connectivity index (χ0n) is 11.2. The second-order valence-corrected chi connectivity index (χ2v) is 5.55. The molecule has 0 bridgehead atoms. The Bertz CT molecular complexity index is 478. The van der Waals surface area contributed by atoms with Crippen LogP contribution in [0.3, 0.4) is 0 Å². The molecule has 1 aromatic rings. The number of rotatable bonds is 2. The van der Waals surface area contributed by atoms with Gasteiger partial charge in [-0.2, -0.15) is 5.26 Å². The first-order chi connectivity index (χ1) is 8.36. The van der Waals surface area contributed by atoms with Gasteiger partial charge in [-0.15, -0.1) is 0 Å². The number of aromatic nitrogens is 1. The lowest BCUT2D eigenvalue weighted by Gasteiger charge is -2.32. The van der Waals surface area contributed by atoms with Crippen molar-refractivity contribution < 1.29 is 9.31 Å². The van der Waals surface area contributed by atoms with Crippen LogP contribution in [0, 0.1) is 11.3 Å². The summed E-state index contributed by atoms with van der Waals surface area (Å²) in [6.45, 7) is 8.05. The number of pyridine rings is 1. The van der Waals surface area contributed by atoms with Crippen LogP contribution in [-0.2, 0) is 15.7 Å². The lowest BCUT2D eigenvalue weighted by Crippen LogP contribution is -2.41. The second kappa shape index (κ2) is 4.38. The standard InChI is InChI=1S/C13H17BN2O2/c1-12(2)13(3,4)18-14(17-12)11-7-10(5-6-15)8-16-9-11/h7-9H,5H2,1-4H3. The highest BCUT2D eigenvalue weighted by atomic mass is 16.7. The fourth-order valence-corrected chi connectivity index (χ4v) is 1.80. The van der Waals surface area contributed by atoms with Gasteiger partial charge in [0, 0.05) is 17.9 Å². The van der Waals surface area contributed by atoms with E-state index in [1.807, 2.05) is 33.8 Å². The van der Waals surface area contributed by atoms with Gasteiger partial charge in [0.2, 0.25) is 0 Å². The Labute approximate surface area is 108 Å². The fourth-order valence-electron chi connectivity index (χ4n) is 1.80. The van der Waals surface area contributed by atoms with Gasteiger partial charge < -0.3 is 9.31 Å². The topological polar surface area (TPSA) is 55.1 Å². The number of hydrogen-bond acceptors (Lipinski definition) is 4. The Balaban J connectivity index is 2.24. The zero-order valence-corrected chi connectivity index (χ0v) is 11.2. The molecule has 0 amide bonds. The summed E-state index contributed by atoms with van der Waals surface area (Å²) in [5, 5.41) is 8.70. The summed E-state index contributed by atoms with van der Waals surface area (Å²) >= 11 is 0. The summed E-state index contributed by atoms with van der Waals surface area (Å²) in [5.74, 6) is 0. The monoisotopic (exact) mass is 244 g/mol. The van der Waals surface area contributed by atoms with Crippen molar-refractivity contribution in [3.05, 3.63) is 24.0 Å². The Morgan fingerprint density at radius 2 is 1.83 bits per heavy atom. The Morgan fingerprint density at radius 1 is 1.22 bits per heavy atom. The van der Waals surface area contributed by atoms with Gasteiger partial charge in [-0.1, -0.05) is 6.07 Å². The molecule has 0 N–H and O–H groups in total. The maximum atomic E-state index is 8.70. The number of nitrogens with zero attached hydrogens (tertiary/aromatic N) is 2. The average Bonchev–Trinajstić information content (AvgIpc) is 2.49. The van der Waals surface area contributed by atoms with Crippen LogP contribution in [0.2, 0.25) is 0 Å². The van der Waals surface area contributed by atoms with Crippen LogP contribution in [0.5, 0.6) is 0 Å². The minimum absolute atomic E-state index is 0.348. The van der Waals surface area contributed by atoms with E-state index in [0.717, 1.165) is 11.0 Å². The first-order valence-electron chi connectivity index (χ1n) is 6.02. The van der Waals surface area contributed by atoms with E-state index in [2.05, 4.69) is 11.1 Å². The smallest absolute Gasteiger partial charge is 0.399 e. The molecule has 0 aromatic carbocycles. The summed E-state index contributed by atoms with van der Waals surface area (Å²) in [4.78, 5) is 4.13. The molecule has 0 aliphatic carbocycles. The highest BCUT2D eigenvalue weighted by molar-refractivity contribution is 6.62. The largest absolute Gasteiger partial charge is 0.496 e. The van der Waals surface area contributed by atoms with Crippen molar-refractivity contribution in [2.24, 2.45) is 0 Å². The van der Waals surface area contributed by atoms with E-state index in [-0.39, 0.29) is 11.2 Å². The summed E-state index contributed by atoms with van der Waals surface area (Å²) in [5.41, 5.74) is 1.03. The van der Waals surface area contributed by atoms with Gasteiger partial charge in [0.1, 0.15) is 0 Å². The summed E-state index contributed by atoms with van der Waals surface area (Å²) < 4.78 is 11.9. The molecule has 5 heteroatoms. The van der Waals surface area contributed by atoms with Crippen LogP contribution in [-0.4, -0.2) is 23.3 Å². The Hall–Kier alpha value is -1.38. The SMILES string of the molecule is CC1(C)OB(c2cncc(CC#N)c2)OC1(C)C. The van der Waals surface area contributed by atoms with Crippen molar-refractivity contribution in [3.63, 3.8) is 0 Å². The minimum atomic E-state index is -0.416. The van der Waals surface area contributed by atoms with Crippen LogP contribution in [0.1, 0.15) is 33.3 Å². The molecule has 0 radical (unpaired) electrons. The van der Waals surface area contributed by atoms with Crippen LogP contribution in [0.15, 0.2) is 18.5 Å². The molecule has 2 heterocycles. The first kappa shape index (κ1) is 13.1. The molecule has 4 nitrogen and oxygen atoms in total. The van der Waals surface area contributed by atoms with E-state index in [9.17, 15) is 0 Å². The third-order valence-electron chi connectivity index (χ3n) is 3.62. The predicted octanol–water partition coefficient (Wildman–Crippen LogP) is 1.45. The third kappa shape index (κ3) is 2.26. The summed E-state index contributed by atoms with van der Waals surface area (Å²) in [6.07, 6.45) is 3.77. The molecule has 0 spiro atoms. The Kier molecular flexibility index (Phi) is 3.18. The van der Waals surface area contributed by atoms with Gasteiger partial charge in [0.25, 0.3) is 0 Å². The quantitative estimate of drug-likeness (QED) is 0.739. The van der Waals surface area contributed by atoms with Gasteiger partial charge in [-0.3, -0.25) is 4.98 Å². The molecule has 0 atom stereocenters. The molecule has 0 saturated carbocycles. The number of nitriles is 1. The van der Waals surface area contributed by atoms with E-state index in [0.29, 0.717) is 6.42 Å². The third-order valence-corrected chi connectivity index (χ3v) is 3.62. The molecule has 1 aromatic heterocycles. The maximum Gasteiger partial charge on any atom is 0.496 e. The van der Waals surface area contributed by atoms with E-state index < -0.39 is 7.12 Å². The van der Waals surface area contributed by atoms with Crippen LogP contribution in [0.4, 0.5) is 0 Å². The molecule has 1 saturated heterocycles. The zero-order chi connectivity index (χ0) is 13.4. The van der Waals surface area contributed by atoms with Crippen LogP contribution in [0.25, 0.3) is 0 Å². The van der Waals surface area contributed by atoms with Gasteiger partial charge >= 0.3 is 7.12 Å². The maximum absolute atomic E-state index is 8.70. The molecule has 1 fully saturated rings. The molecular weight excluding hydrogens is 227 g/mol. The highest BCUT2D eigenvalue weighted by Gasteiger charge is 2.51. The van der Waals surface area contributed by atoms with Crippen molar-refractivity contribution in [3.8, 4) is 6.07 Å². The normalized spacial score (nSPS) is 20.7. The molecule has 94 valence electrons. The predicted molar refractivity (Wildman–Crippen MR) is 69.3 cm³/mol. The van der Waals surface area contributed by atoms with Gasteiger partial charge in [-0.25, -0.2) is 0 Å². The van der Waals surface area contributed by atoms with Crippen LogP contribution < -0.4 is 5.46 Å². The Morgan fingerprint density at radius 3 is 2.39 bits per heavy atom. The first-order valence-corrected chi connectivity index (χ1v) is 6.02.